The molecule has 1 aliphatic heterocycles. The fourth-order valence-electron chi connectivity index (χ4n) is 5.80. The van der Waals surface area contributed by atoms with Gasteiger partial charge >= 0.3 is 0 Å². The van der Waals surface area contributed by atoms with Crippen LogP contribution in [0.3, 0.4) is 0 Å². The Morgan fingerprint density at radius 1 is 1.35 bits per heavy atom. The van der Waals surface area contributed by atoms with Crippen molar-refractivity contribution in [1.82, 2.24) is 9.80 Å². The molecule has 3 atom stereocenters. The molecule has 2 aliphatic carbocycles. The van der Waals surface area contributed by atoms with Crippen LogP contribution in [0.25, 0.3) is 6.08 Å². The molecule has 0 N–H and O–H groups in total. The molecule has 1 saturated carbocycles. The molecule has 0 radical (unpaired) electrons. The minimum Gasteiger partial charge on any atom is -0.497 e. The van der Waals surface area contributed by atoms with Crippen LogP contribution in [0.1, 0.15) is 42.9 Å². The number of rotatable bonds is 6. The molecule has 0 spiro atoms. The molecular formula is C26H32N2O3. The van der Waals surface area contributed by atoms with Crippen molar-refractivity contribution in [3.8, 4) is 5.75 Å². The van der Waals surface area contributed by atoms with Crippen molar-refractivity contribution in [2.45, 2.75) is 50.1 Å². The summed E-state index contributed by atoms with van der Waals surface area (Å²) in [5, 5.41) is 0. The van der Waals surface area contributed by atoms with Gasteiger partial charge in [0.25, 0.3) is 0 Å². The molecule has 1 saturated heterocycles. The minimum atomic E-state index is -0.0965. The first-order chi connectivity index (χ1) is 15.0. The standard InChI is InChI=1S/C26H32N2O3/c1-26-11-12-28(16-18-4-5-18)23(14-20-7-8-21(30-3)15-22(20)26)25(26)27(2)24(29)9-6-19-10-13-31-17-19/h6-10,13,15,17-18,23,25H,4-5,11-12,14,16H2,1-3H3. The number of nitrogens with zero attached hydrogens (tertiary/aromatic N) is 2. The lowest BCUT2D eigenvalue weighted by atomic mass is 9.61. The zero-order valence-corrected chi connectivity index (χ0v) is 18.7. The number of amides is 1. The molecule has 5 heteroatoms. The first-order valence-electron chi connectivity index (χ1n) is 11.4. The summed E-state index contributed by atoms with van der Waals surface area (Å²) in [4.78, 5) is 17.9. The van der Waals surface area contributed by atoms with Crippen LogP contribution in [0, 0.1) is 5.92 Å². The highest BCUT2D eigenvalue weighted by Crippen LogP contribution is 2.48. The van der Waals surface area contributed by atoms with Gasteiger partial charge in [0.15, 0.2) is 0 Å². The van der Waals surface area contributed by atoms with E-state index in [9.17, 15) is 4.79 Å². The van der Waals surface area contributed by atoms with Gasteiger partial charge in [-0.05, 0) is 73.5 Å². The predicted octanol–water partition coefficient (Wildman–Crippen LogP) is 4.13. The lowest BCUT2D eigenvalue weighted by Gasteiger charge is -2.58. The maximum Gasteiger partial charge on any atom is 0.246 e. The van der Waals surface area contributed by atoms with Gasteiger partial charge in [-0.2, -0.15) is 0 Å². The van der Waals surface area contributed by atoms with Crippen LogP contribution in [0.4, 0.5) is 0 Å². The van der Waals surface area contributed by atoms with Crippen LogP contribution >= 0.6 is 0 Å². The molecule has 2 heterocycles. The van der Waals surface area contributed by atoms with Crippen molar-refractivity contribution < 1.29 is 13.9 Å². The van der Waals surface area contributed by atoms with Crippen LogP contribution in [0.5, 0.6) is 5.75 Å². The van der Waals surface area contributed by atoms with Crippen molar-refractivity contribution in [2.75, 3.05) is 27.2 Å². The number of ether oxygens (including phenoxy) is 1. The van der Waals surface area contributed by atoms with Crippen LogP contribution in [-0.4, -0.2) is 55.0 Å². The minimum absolute atomic E-state index is 0.0436. The van der Waals surface area contributed by atoms with Gasteiger partial charge in [-0.3, -0.25) is 9.69 Å². The normalized spacial score (nSPS) is 27.8. The number of hydrogen-bond acceptors (Lipinski definition) is 4. The SMILES string of the molecule is COc1ccc2c(c1)C1(C)CCN(CC3CC3)C(C2)C1N(C)C(=O)C=Cc1ccoc1. The highest BCUT2D eigenvalue weighted by atomic mass is 16.5. The Hall–Kier alpha value is -2.53. The zero-order chi connectivity index (χ0) is 21.6. The van der Waals surface area contributed by atoms with E-state index in [4.69, 9.17) is 9.15 Å². The molecule has 164 valence electrons. The van der Waals surface area contributed by atoms with Crippen molar-refractivity contribution in [1.29, 1.82) is 0 Å². The quantitative estimate of drug-likeness (QED) is 0.660. The molecule has 31 heavy (non-hydrogen) atoms. The first-order valence-corrected chi connectivity index (χ1v) is 11.4. The Labute approximate surface area is 184 Å². The highest BCUT2D eigenvalue weighted by molar-refractivity contribution is 5.92. The average molecular weight is 421 g/mol. The molecule has 1 aromatic heterocycles. The number of piperidine rings is 1. The number of benzene rings is 1. The van der Waals surface area contributed by atoms with Gasteiger partial charge in [0.2, 0.25) is 5.91 Å². The second-order valence-electron chi connectivity index (χ2n) is 9.68. The monoisotopic (exact) mass is 420 g/mol. The smallest absolute Gasteiger partial charge is 0.246 e. The first kappa shape index (κ1) is 20.4. The molecule has 5 nitrogen and oxygen atoms in total. The number of furan rings is 1. The number of hydrogen-bond donors (Lipinski definition) is 0. The third-order valence-electron chi connectivity index (χ3n) is 7.68. The Balaban J connectivity index is 1.50. The van der Waals surface area contributed by atoms with E-state index in [1.54, 1.807) is 25.7 Å². The second-order valence-corrected chi connectivity index (χ2v) is 9.68. The Kier molecular flexibility index (Phi) is 5.17. The van der Waals surface area contributed by atoms with E-state index in [0.717, 1.165) is 43.2 Å². The van der Waals surface area contributed by atoms with Crippen molar-refractivity contribution in [3.63, 3.8) is 0 Å². The maximum atomic E-state index is 13.3. The third kappa shape index (κ3) is 3.69. The van der Waals surface area contributed by atoms with Crippen LogP contribution in [-0.2, 0) is 16.6 Å². The number of fused-ring (bicyclic) bond motifs is 4. The summed E-state index contributed by atoms with van der Waals surface area (Å²) >= 11 is 0. The van der Waals surface area contributed by atoms with E-state index in [2.05, 4.69) is 30.0 Å². The van der Waals surface area contributed by atoms with Crippen LogP contribution in [0.2, 0.25) is 0 Å². The fourth-order valence-corrected chi connectivity index (χ4v) is 5.80. The van der Waals surface area contributed by atoms with E-state index >= 15 is 0 Å². The fraction of sp³-hybridized carbons (Fsp3) is 0.500. The van der Waals surface area contributed by atoms with Gasteiger partial charge in [0.1, 0.15) is 5.75 Å². The average Bonchev–Trinajstić information content (AvgIpc) is 3.44. The van der Waals surface area contributed by atoms with E-state index < -0.39 is 0 Å². The summed E-state index contributed by atoms with van der Waals surface area (Å²) in [6.07, 6.45) is 11.5. The zero-order valence-electron chi connectivity index (χ0n) is 18.7. The largest absolute Gasteiger partial charge is 0.497 e. The third-order valence-corrected chi connectivity index (χ3v) is 7.68. The van der Waals surface area contributed by atoms with Gasteiger partial charge in [-0.1, -0.05) is 13.0 Å². The molecule has 2 bridgehead atoms. The Morgan fingerprint density at radius 3 is 2.90 bits per heavy atom. The van der Waals surface area contributed by atoms with Crippen LogP contribution in [0.15, 0.2) is 47.3 Å². The lowest BCUT2D eigenvalue weighted by Crippen LogP contribution is -2.68. The summed E-state index contributed by atoms with van der Waals surface area (Å²) < 4.78 is 10.7. The highest BCUT2D eigenvalue weighted by Gasteiger charge is 2.53. The Morgan fingerprint density at radius 2 is 2.19 bits per heavy atom. The maximum absolute atomic E-state index is 13.3. The topological polar surface area (TPSA) is 45.9 Å². The van der Waals surface area contributed by atoms with Crippen LogP contribution < -0.4 is 4.74 Å². The lowest BCUT2D eigenvalue weighted by molar-refractivity contribution is -0.132. The molecule has 3 unspecified atom stereocenters. The number of carbonyl (C=O) groups is 1. The van der Waals surface area contributed by atoms with Gasteiger partial charge < -0.3 is 14.1 Å². The van der Waals surface area contributed by atoms with Gasteiger partial charge in [0, 0.05) is 36.7 Å². The summed E-state index contributed by atoms with van der Waals surface area (Å²) in [5.74, 6) is 1.78. The van der Waals surface area contributed by atoms with E-state index in [0.29, 0.717) is 6.04 Å². The van der Waals surface area contributed by atoms with E-state index in [-0.39, 0.29) is 17.4 Å². The number of carbonyl (C=O) groups excluding carboxylic acids is 1. The predicted molar refractivity (Wildman–Crippen MR) is 121 cm³/mol. The van der Waals surface area contributed by atoms with Crippen molar-refractivity contribution in [3.05, 3.63) is 59.6 Å². The summed E-state index contributed by atoms with van der Waals surface area (Å²) in [6, 6.07) is 8.84. The van der Waals surface area contributed by atoms with Gasteiger partial charge in [0.05, 0.1) is 25.7 Å². The molecule has 1 aromatic carbocycles. The van der Waals surface area contributed by atoms with Crippen molar-refractivity contribution in [2.24, 2.45) is 5.92 Å². The van der Waals surface area contributed by atoms with E-state index in [1.165, 1.54) is 24.0 Å². The summed E-state index contributed by atoms with van der Waals surface area (Å²) in [7, 11) is 3.70. The second kappa shape index (κ2) is 7.86. The van der Waals surface area contributed by atoms with Gasteiger partial charge in [-0.15, -0.1) is 0 Å². The molecule has 2 fully saturated rings. The number of methoxy groups -OCH3 is 1. The van der Waals surface area contributed by atoms with Crippen molar-refractivity contribution >= 4 is 12.0 Å². The summed E-state index contributed by atoms with van der Waals surface area (Å²) in [6.45, 7) is 4.60. The summed E-state index contributed by atoms with van der Waals surface area (Å²) in [5.41, 5.74) is 3.56. The molecule has 2 aromatic rings. The molecule has 5 rings (SSSR count). The van der Waals surface area contributed by atoms with E-state index in [1.807, 2.05) is 24.1 Å². The number of likely N-dealkylation sites (N-methyl/N-ethyl adjacent to an activating group) is 1. The molecule has 3 aliphatic rings. The Bertz CT molecular complexity index is 979. The molecular weight excluding hydrogens is 388 g/mol. The van der Waals surface area contributed by atoms with Gasteiger partial charge in [-0.25, -0.2) is 0 Å². The number of likely N-dealkylation sites (tertiary alicyclic amines) is 1. The molecule has 1 amide bonds.